The van der Waals surface area contributed by atoms with Gasteiger partial charge in [-0.2, -0.15) is 0 Å². The van der Waals surface area contributed by atoms with Gasteiger partial charge in [0.1, 0.15) is 6.04 Å². The highest BCUT2D eigenvalue weighted by atomic mass is 32.1. The number of nitrogens with two attached hydrogens (primary N) is 1. The van der Waals surface area contributed by atoms with Crippen molar-refractivity contribution in [1.82, 2.24) is 5.32 Å². The molecule has 1 amide bonds. The van der Waals surface area contributed by atoms with Crippen LogP contribution < -0.4 is 11.1 Å². The van der Waals surface area contributed by atoms with Gasteiger partial charge in [0.15, 0.2) is 0 Å². The Labute approximate surface area is 93.7 Å². The minimum atomic E-state index is -0.592. The summed E-state index contributed by atoms with van der Waals surface area (Å²) in [6.45, 7) is 1.86. The first-order valence-electron chi connectivity index (χ1n) is 4.68. The Hall–Kier alpha value is -1.31. The average molecular weight is 222 g/mol. The molecule has 0 spiro atoms. The molecule has 0 saturated heterocycles. The van der Waals surface area contributed by atoms with Crippen LogP contribution in [-0.2, 0) is 4.79 Å². The van der Waals surface area contributed by atoms with Crippen LogP contribution in [0.4, 0.5) is 0 Å². The second-order valence-corrected chi connectivity index (χ2v) is 4.29. The summed E-state index contributed by atoms with van der Waals surface area (Å²) in [7, 11) is 0. The van der Waals surface area contributed by atoms with Crippen LogP contribution in [0.25, 0.3) is 0 Å². The predicted octanol–water partition coefficient (Wildman–Crippen LogP) is 1.28. The van der Waals surface area contributed by atoms with E-state index in [1.165, 1.54) is 11.3 Å². The van der Waals surface area contributed by atoms with Gasteiger partial charge in [0.25, 0.3) is 0 Å². The van der Waals surface area contributed by atoms with E-state index in [0.717, 1.165) is 4.88 Å². The second-order valence-electron chi connectivity index (χ2n) is 3.31. The normalized spacial score (nSPS) is 13.9. The zero-order valence-electron chi connectivity index (χ0n) is 8.57. The lowest BCUT2D eigenvalue weighted by Gasteiger charge is -2.14. The summed E-state index contributed by atoms with van der Waals surface area (Å²) >= 11 is 1.47. The highest BCUT2D eigenvalue weighted by Crippen LogP contribution is 2.16. The van der Waals surface area contributed by atoms with Crippen LogP contribution in [0.5, 0.6) is 0 Å². The molecule has 2 unspecified atom stereocenters. The lowest BCUT2D eigenvalue weighted by molar-refractivity contribution is -0.123. The Bertz CT molecular complexity index is 353. The van der Waals surface area contributed by atoms with Crippen LogP contribution in [0, 0.1) is 12.3 Å². The largest absolute Gasteiger partial charge is 0.351 e. The van der Waals surface area contributed by atoms with Crippen molar-refractivity contribution < 1.29 is 4.79 Å². The molecule has 1 aromatic heterocycles. The van der Waals surface area contributed by atoms with Gasteiger partial charge in [0, 0.05) is 17.3 Å². The third-order valence-corrected chi connectivity index (χ3v) is 2.90. The molecule has 0 saturated carbocycles. The SMILES string of the molecule is C#CCC(C)NC(=O)C(N)c1cccs1. The Morgan fingerprint density at radius 3 is 3.07 bits per heavy atom. The van der Waals surface area contributed by atoms with Gasteiger partial charge >= 0.3 is 0 Å². The van der Waals surface area contributed by atoms with Crippen LogP contribution in [0.15, 0.2) is 17.5 Å². The van der Waals surface area contributed by atoms with Crippen molar-refractivity contribution in [3.05, 3.63) is 22.4 Å². The van der Waals surface area contributed by atoms with E-state index in [-0.39, 0.29) is 11.9 Å². The summed E-state index contributed by atoms with van der Waals surface area (Å²) in [4.78, 5) is 12.5. The lowest BCUT2D eigenvalue weighted by Crippen LogP contribution is -2.38. The van der Waals surface area contributed by atoms with Gasteiger partial charge < -0.3 is 11.1 Å². The van der Waals surface area contributed by atoms with Gasteiger partial charge in [-0.25, -0.2) is 0 Å². The van der Waals surface area contributed by atoms with Crippen molar-refractivity contribution in [2.75, 3.05) is 0 Å². The third-order valence-electron chi connectivity index (χ3n) is 1.94. The van der Waals surface area contributed by atoms with Crippen molar-refractivity contribution in [2.45, 2.75) is 25.4 Å². The number of carbonyl (C=O) groups is 1. The van der Waals surface area contributed by atoms with Gasteiger partial charge in [-0.1, -0.05) is 6.07 Å². The van der Waals surface area contributed by atoms with Gasteiger partial charge in [-0.15, -0.1) is 23.7 Å². The number of hydrogen-bond donors (Lipinski definition) is 2. The monoisotopic (exact) mass is 222 g/mol. The van der Waals surface area contributed by atoms with Crippen molar-refractivity contribution in [3.8, 4) is 12.3 Å². The number of terminal acetylenes is 1. The van der Waals surface area contributed by atoms with Crippen LogP contribution in [0.2, 0.25) is 0 Å². The summed E-state index contributed by atoms with van der Waals surface area (Å²) in [5, 5.41) is 4.67. The lowest BCUT2D eigenvalue weighted by atomic mass is 10.2. The maximum atomic E-state index is 11.6. The molecule has 0 radical (unpaired) electrons. The fraction of sp³-hybridized carbons (Fsp3) is 0.364. The third kappa shape index (κ3) is 3.39. The zero-order valence-corrected chi connectivity index (χ0v) is 9.38. The zero-order chi connectivity index (χ0) is 11.3. The van der Waals surface area contributed by atoms with Crippen molar-refractivity contribution in [2.24, 2.45) is 5.73 Å². The van der Waals surface area contributed by atoms with Crippen molar-refractivity contribution in [3.63, 3.8) is 0 Å². The fourth-order valence-electron chi connectivity index (χ4n) is 1.16. The second kappa shape index (κ2) is 5.54. The Morgan fingerprint density at radius 2 is 2.53 bits per heavy atom. The molecule has 0 aliphatic rings. The summed E-state index contributed by atoms with van der Waals surface area (Å²) < 4.78 is 0. The molecule has 0 bridgehead atoms. The standard InChI is InChI=1S/C11H14N2OS/c1-3-5-8(2)13-11(14)10(12)9-6-4-7-15-9/h1,4,6-8,10H,5,12H2,2H3,(H,13,14). The molecule has 1 aromatic rings. The number of hydrogen-bond acceptors (Lipinski definition) is 3. The Balaban J connectivity index is 2.51. The van der Waals surface area contributed by atoms with Crippen LogP contribution in [0.3, 0.4) is 0 Å². The molecule has 3 N–H and O–H groups in total. The summed E-state index contributed by atoms with van der Waals surface area (Å²) in [5.74, 6) is 2.31. The van der Waals surface area contributed by atoms with E-state index in [1.54, 1.807) is 0 Å². The average Bonchev–Trinajstić information content (AvgIpc) is 2.69. The van der Waals surface area contributed by atoms with E-state index in [9.17, 15) is 4.79 Å². The minimum absolute atomic E-state index is 0.0338. The molecule has 15 heavy (non-hydrogen) atoms. The first-order chi connectivity index (χ1) is 7.15. The Morgan fingerprint density at radius 1 is 1.80 bits per heavy atom. The molecule has 80 valence electrons. The van der Waals surface area contributed by atoms with Crippen molar-refractivity contribution >= 4 is 17.2 Å². The molecule has 1 rings (SSSR count). The number of thiophene rings is 1. The molecular weight excluding hydrogens is 208 g/mol. The van der Waals surface area contributed by atoms with Crippen molar-refractivity contribution in [1.29, 1.82) is 0 Å². The molecule has 2 atom stereocenters. The van der Waals surface area contributed by atoms with Crippen LogP contribution in [-0.4, -0.2) is 11.9 Å². The van der Waals surface area contributed by atoms with E-state index < -0.39 is 6.04 Å². The number of rotatable bonds is 4. The molecule has 4 heteroatoms. The maximum absolute atomic E-state index is 11.6. The smallest absolute Gasteiger partial charge is 0.242 e. The molecule has 0 aliphatic carbocycles. The summed E-state index contributed by atoms with van der Waals surface area (Å²) in [6, 6.07) is 3.09. The van der Waals surface area contributed by atoms with E-state index in [2.05, 4.69) is 11.2 Å². The quantitative estimate of drug-likeness (QED) is 0.754. The highest BCUT2D eigenvalue weighted by molar-refractivity contribution is 7.10. The van der Waals surface area contributed by atoms with E-state index in [4.69, 9.17) is 12.2 Å². The maximum Gasteiger partial charge on any atom is 0.242 e. The first-order valence-corrected chi connectivity index (χ1v) is 5.56. The first kappa shape index (κ1) is 11.8. The molecule has 0 aromatic carbocycles. The van der Waals surface area contributed by atoms with Gasteiger partial charge in [-0.3, -0.25) is 4.79 Å². The molecule has 3 nitrogen and oxygen atoms in total. The topological polar surface area (TPSA) is 55.1 Å². The van der Waals surface area contributed by atoms with Crippen LogP contribution >= 0.6 is 11.3 Å². The minimum Gasteiger partial charge on any atom is -0.351 e. The molecular formula is C11H14N2OS. The van der Waals surface area contributed by atoms with Gasteiger partial charge in [0.2, 0.25) is 5.91 Å². The van der Waals surface area contributed by atoms with Gasteiger partial charge in [0.05, 0.1) is 0 Å². The number of carbonyl (C=O) groups excluding carboxylic acids is 1. The molecule has 0 aliphatic heterocycles. The van der Waals surface area contributed by atoms with E-state index in [0.29, 0.717) is 6.42 Å². The predicted molar refractivity (Wildman–Crippen MR) is 62.3 cm³/mol. The van der Waals surface area contributed by atoms with E-state index >= 15 is 0 Å². The molecule has 0 fully saturated rings. The van der Waals surface area contributed by atoms with Gasteiger partial charge in [-0.05, 0) is 18.4 Å². The van der Waals surface area contributed by atoms with Crippen LogP contribution in [0.1, 0.15) is 24.3 Å². The summed E-state index contributed by atoms with van der Waals surface area (Å²) in [5.41, 5.74) is 5.77. The fourth-order valence-corrected chi connectivity index (χ4v) is 1.88. The highest BCUT2D eigenvalue weighted by Gasteiger charge is 2.17. The van der Waals surface area contributed by atoms with E-state index in [1.807, 2.05) is 24.4 Å². The number of amides is 1. The Kier molecular flexibility index (Phi) is 4.35. The molecule has 1 heterocycles. The summed E-state index contributed by atoms with van der Waals surface area (Å²) in [6.07, 6.45) is 5.66. The number of nitrogens with one attached hydrogen (secondary N) is 1.